The maximum Gasteiger partial charge on any atom is 0.311 e. The lowest BCUT2D eigenvalue weighted by Crippen LogP contribution is -2.43. The number of nitrogens with zero attached hydrogens (tertiary/aromatic N) is 4. The number of aromatic nitrogens is 1. The maximum atomic E-state index is 13.7. The van der Waals surface area contributed by atoms with Gasteiger partial charge in [-0.2, -0.15) is 0 Å². The van der Waals surface area contributed by atoms with Gasteiger partial charge in [0.25, 0.3) is 11.5 Å². The first-order chi connectivity index (χ1) is 17.7. The molecule has 1 aromatic heterocycles. The molecule has 0 unspecified atom stereocenters. The number of likely N-dealkylation sites (N-methyl/N-ethyl adjacent to an activating group) is 1. The molecule has 11 heteroatoms. The highest BCUT2D eigenvalue weighted by molar-refractivity contribution is 7.07. The summed E-state index contributed by atoms with van der Waals surface area (Å²) in [6.45, 7) is 6.60. The second kappa shape index (κ2) is 10.7. The molecule has 2 aromatic carbocycles. The smallest absolute Gasteiger partial charge is 0.311 e. The molecule has 0 fully saturated rings. The van der Waals surface area contributed by atoms with Crippen LogP contribution < -0.4 is 19.6 Å². The predicted molar refractivity (Wildman–Crippen MR) is 143 cm³/mol. The number of hydrogen-bond donors (Lipinski definition) is 0. The van der Waals surface area contributed by atoms with Crippen LogP contribution in [0.25, 0.3) is 6.08 Å². The van der Waals surface area contributed by atoms with Crippen molar-refractivity contribution in [2.75, 3.05) is 20.2 Å². The third-order valence-electron chi connectivity index (χ3n) is 6.19. The van der Waals surface area contributed by atoms with Gasteiger partial charge in [-0.25, -0.2) is 4.99 Å². The molecule has 0 saturated heterocycles. The number of carbonyl (C=O) groups excluding carboxylic acids is 1. The summed E-state index contributed by atoms with van der Waals surface area (Å²) >= 11 is 7.28. The van der Waals surface area contributed by atoms with Gasteiger partial charge in [-0.15, -0.1) is 0 Å². The lowest BCUT2D eigenvalue weighted by molar-refractivity contribution is -0.385. The highest BCUT2D eigenvalue weighted by Crippen LogP contribution is 2.32. The lowest BCUT2D eigenvalue weighted by Gasteiger charge is -2.29. The summed E-state index contributed by atoms with van der Waals surface area (Å²) in [5, 5.41) is 12.0. The number of thiazole rings is 1. The summed E-state index contributed by atoms with van der Waals surface area (Å²) in [6.07, 6.45) is 1.58. The zero-order valence-corrected chi connectivity index (χ0v) is 22.3. The van der Waals surface area contributed by atoms with Crippen molar-refractivity contribution in [3.8, 4) is 5.75 Å². The average Bonchev–Trinajstić information content (AvgIpc) is 3.18. The summed E-state index contributed by atoms with van der Waals surface area (Å²) in [7, 11) is 1.36. The standard InChI is InChI=1S/C26H25ClN4O5S/c1-5-29(6-2)25(33)22-15(3)28-26-30(23(22)17-8-10-18(27)11-9-17)24(32)21(37-26)14-16-7-12-20(36-4)19(13-16)31(34)35/h7-14,23H,5-6H2,1-4H3/b21-14+/t23-/m1/s1. The number of rotatable bonds is 7. The molecular formula is C26H25ClN4O5S. The van der Waals surface area contributed by atoms with Crippen molar-refractivity contribution in [1.82, 2.24) is 9.47 Å². The van der Waals surface area contributed by atoms with E-state index >= 15 is 0 Å². The molecule has 0 N–H and O–H groups in total. The Balaban J connectivity index is 1.94. The van der Waals surface area contributed by atoms with Crippen LogP contribution in [0.4, 0.5) is 5.69 Å². The molecular weight excluding hydrogens is 516 g/mol. The van der Waals surface area contributed by atoms with Crippen LogP contribution in [0.1, 0.15) is 37.9 Å². The number of hydrogen-bond acceptors (Lipinski definition) is 7. The third-order valence-corrected chi connectivity index (χ3v) is 7.42. The second-order valence-electron chi connectivity index (χ2n) is 8.30. The molecule has 0 aliphatic carbocycles. The molecule has 1 aliphatic rings. The van der Waals surface area contributed by atoms with E-state index in [1.807, 2.05) is 13.8 Å². The number of ether oxygens (including phenoxy) is 1. The third kappa shape index (κ3) is 4.94. The first-order valence-electron chi connectivity index (χ1n) is 11.6. The van der Waals surface area contributed by atoms with E-state index in [2.05, 4.69) is 4.99 Å². The minimum Gasteiger partial charge on any atom is -0.490 e. The van der Waals surface area contributed by atoms with Gasteiger partial charge in [0, 0.05) is 24.2 Å². The Hall–Kier alpha value is -3.76. The monoisotopic (exact) mass is 540 g/mol. The summed E-state index contributed by atoms with van der Waals surface area (Å²) < 4.78 is 6.92. The first-order valence-corrected chi connectivity index (χ1v) is 12.8. The number of benzene rings is 2. The number of nitro groups is 1. The van der Waals surface area contributed by atoms with Crippen molar-refractivity contribution in [3.63, 3.8) is 0 Å². The molecule has 192 valence electrons. The van der Waals surface area contributed by atoms with E-state index in [1.54, 1.807) is 48.2 Å². The van der Waals surface area contributed by atoms with Crippen molar-refractivity contribution in [1.29, 1.82) is 0 Å². The van der Waals surface area contributed by atoms with Crippen LogP contribution in [0, 0.1) is 10.1 Å². The zero-order chi connectivity index (χ0) is 26.9. The Morgan fingerprint density at radius 3 is 2.51 bits per heavy atom. The summed E-state index contributed by atoms with van der Waals surface area (Å²) in [4.78, 5) is 45.0. The van der Waals surface area contributed by atoms with E-state index in [9.17, 15) is 19.7 Å². The van der Waals surface area contributed by atoms with Gasteiger partial charge in [0.05, 0.1) is 33.9 Å². The van der Waals surface area contributed by atoms with Crippen LogP contribution in [0.3, 0.4) is 0 Å². The Bertz CT molecular complexity index is 1590. The van der Waals surface area contributed by atoms with E-state index in [1.165, 1.54) is 23.8 Å². The highest BCUT2D eigenvalue weighted by atomic mass is 35.5. The number of nitro benzene ring substituents is 1. The number of carbonyl (C=O) groups is 1. The van der Waals surface area contributed by atoms with Crippen LogP contribution in [0.5, 0.6) is 5.75 Å². The summed E-state index contributed by atoms with van der Waals surface area (Å²) in [5.74, 6) is -0.0622. The lowest BCUT2D eigenvalue weighted by atomic mass is 9.94. The minimum absolute atomic E-state index is 0.126. The van der Waals surface area contributed by atoms with Crippen LogP contribution >= 0.6 is 22.9 Å². The van der Waals surface area contributed by atoms with Gasteiger partial charge >= 0.3 is 5.69 Å². The van der Waals surface area contributed by atoms with Crippen molar-refractivity contribution in [2.24, 2.45) is 4.99 Å². The molecule has 2 heterocycles. The molecule has 0 radical (unpaired) electrons. The number of methoxy groups -OCH3 is 1. The molecule has 1 aliphatic heterocycles. The van der Waals surface area contributed by atoms with E-state index < -0.39 is 11.0 Å². The molecule has 1 amide bonds. The summed E-state index contributed by atoms with van der Waals surface area (Å²) in [6, 6.07) is 10.8. The quantitative estimate of drug-likeness (QED) is 0.336. The molecule has 0 bridgehead atoms. The normalized spacial score (nSPS) is 15.3. The van der Waals surface area contributed by atoms with Crippen LogP contribution in [0.15, 0.2) is 63.5 Å². The van der Waals surface area contributed by atoms with E-state index in [-0.39, 0.29) is 22.9 Å². The van der Waals surface area contributed by atoms with Crippen molar-refractivity contribution < 1.29 is 14.5 Å². The van der Waals surface area contributed by atoms with Crippen molar-refractivity contribution in [3.05, 3.63) is 99.7 Å². The van der Waals surface area contributed by atoms with Gasteiger partial charge in [0.2, 0.25) is 0 Å². The molecule has 1 atom stereocenters. The van der Waals surface area contributed by atoms with Gasteiger partial charge in [-0.1, -0.05) is 41.1 Å². The zero-order valence-electron chi connectivity index (χ0n) is 20.7. The van der Waals surface area contributed by atoms with E-state index in [4.69, 9.17) is 16.3 Å². The summed E-state index contributed by atoms with van der Waals surface area (Å²) in [5.41, 5.74) is 1.60. The van der Waals surface area contributed by atoms with Gasteiger partial charge in [-0.05, 0) is 56.2 Å². The van der Waals surface area contributed by atoms with Crippen LogP contribution in [0.2, 0.25) is 5.02 Å². The SMILES string of the molecule is CCN(CC)C(=O)C1=C(C)N=c2s/c(=C/c3ccc(OC)c([N+](=O)[O-])c3)c(=O)n2[C@@H]1c1ccc(Cl)cc1. The number of fused-ring (bicyclic) bond motifs is 1. The van der Waals surface area contributed by atoms with E-state index in [0.717, 1.165) is 16.9 Å². The Morgan fingerprint density at radius 1 is 1.24 bits per heavy atom. The predicted octanol–water partition coefficient (Wildman–Crippen LogP) is 3.67. The van der Waals surface area contributed by atoms with Gasteiger partial charge in [0.1, 0.15) is 0 Å². The van der Waals surface area contributed by atoms with Gasteiger partial charge in [0.15, 0.2) is 10.6 Å². The Labute approximate surface area is 221 Å². The number of halogens is 1. The first kappa shape index (κ1) is 26.3. The Kier molecular flexibility index (Phi) is 7.60. The molecule has 0 saturated carbocycles. The highest BCUT2D eigenvalue weighted by Gasteiger charge is 2.34. The van der Waals surface area contributed by atoms with Crippen molar-refractivity contribution in [2.45, 2.75) is 26.8 Å². The molecule has 4 rings (SSSR count). The van der Waals surface area contributed by atoms with Gasteiger partial charge in [-0.3, -0.25) is 24.3 Å². The van der Waals surface area contributed by atoms with Crippen molar-refractivity contribution >= 4 is 40.6 Å². The molecule has 3 aromatic rings. The topological polar surface area (TPSA) is 107 Å². The number of allylic oxidation sites excluding steroid dienone is 1. The maximum absolute atomic E-state index is 13.7. The molecule has 37 heavy (non-hydrogen) atoms. The fraction of sp³-hybridized carbons (Fsp3) is 0.269. The molecule has 0 spiro atoms. The van der Waals surface area contributed by atoms with Gasteiger partial charge < -0.3 is 9.64 Å². The fourth-order valence-electron chi connectivity index (χ4n) is 4.33. The minimum atomic E-state index is -0.700. The van der Waals surface area contributed by atoms with Crippen LogP contribution in [-0.2, 0) is 4.79 Å². The largest absolute Gasteiger partial charge is 0.490 e. The average molecular weight is 541 g/mol. The molecule has 9 nitrogen and oxygen atoms in total. The van der Waals surface area contributed by atoms with E-state index in [0.29, 0.717) is 44.3 Å². The second-order valence-corrected chi connectivity index (χ2v) is 9.74. The van der Waals surface area contributed by atoms with Crippen LogP contribution in [-0.4, -0.2) is 40.5 Å². The Morgan fingerprint density at radius 2 is 1.92 bits per heavy atom. The fourth-order valence-corrected chi connectivity index (χ4v) is 5.50. The number of amides is 1.